The Bertz CT molecular complexity index is 1460. The summed E-state index contributed by atoms with van der Waals surface area (Å²) in [7, 11) is 0. The minimum Gasteiger partial charge on any atom is -0.539 e. The third kappa shape index (κ3) is 11.4. The number of nitrogens with zero attached hydrogens (tertiary/aromatic N) is 4. The van der Waals surface area contributed by atoms with Crippen LogP contribution < -0.4 is 5.11 Å². The number of aliphatic carboxylic acids is 2. The van der Waals surface area contributed by atoms with Gasteiger partial charge in [-0.2, -0.15) is 0 Å². The van der Waals surface area contributed by atoms with Gasteiger partial charge in [-0.05, 0) is 28.5 Å². The lowest BCUT2D eigenvalue weighted by Gasteiger charge is -2.42. The average Bonchev–Trinajstić information content (AvgIpc) is 3.69. The zero-order chi connectivity index (χ0) is 33.4. The molecule has 0 spiro atoms. The highest BCUT2D eigenvalue weighted by Gasteiger charge is 2.24. The van der Waals surface area contributed by atoms with Crippen LogP contribution in [0.25, 0.3) is 0 Å². The molecule has 0 atom stereocenters. The van der Waals surface area contributed by atoms with E-state index in [1.807, 2.05) is 82.9 Å². The molecule has 0 unspecified atom stereocenters. The van der Waals surface area contributed by atoms with Crippen molar-refractivity contribution in [2.24, 2.45) is 0 Å². The average molecular weight is 635 g/mol. The van der Waals surface area contributed by atoms with Crippen molar-refractivity contribution in [3.05, 3.63) is 175 Å². The van der Waals surface area contributed by atoms with Crippen molar-refractivity contribution in [1.29, 1.82) is 0 Å². The molecule has 0 aliphatic carbocycles. The number of carbonyl (C=O) groups is 2. The van der Waals surface area contributed by atoms with Crippen LogP contribution in [0.1, 0.15) is 22.3 Å². The Labute approximate surface area is 275 Å². The molecule has 6 rings (SSSR count). The molecular weight excluding hydrogens is 596 g/mol. The number of carboxylic acid groups (broad SMARTS) is 2. The smallest absolute Gasteiger partial charge is 0.351 e. The summed E-state index contributed by atoms with van der Waals surface area (Å²) in [5.74, 6) is -4.01. The second-order valence-electron chi connectivity index (χ2n) is 10.8. The Morgan fingerprint density at radius 2 is 0.872 bits per heavy atom. The summed E-state index contributed by atoms with van der Waals surface area (Å²) in [6.07, 6.45) is 7.00. The van der Waals surface area contributed by atoms with E-state index in [2.05, 4.69) is 82.9 Å². The van der Waals surface area contributed by atoms with Gasteiger partial charge in [-0.15, -0.1) is 0 Å². The SMILES string of the molecule is C1=CN(Cc2ccccc2)CN1Cc1ccccc1.O=C([O-])C(=O)O.O[C-](O)C1N(Cc2ccccc2)C=CN1Cc1ccccc1. The zero-order valence-corrected chi connectivity index (χ0v) is 25.8. The molecule has 4 aromatic carbocycles. The first-order valence-corrected chi connectivity index (χ1v) is 15.0. The van der Waals surface area contributed by atoms with Crippen LogP contribution in [-0.2, 0) is 35.8 Å². The van der Waals surface area contributed by atoms with Crippen molar-refractivity contribution in [3.8, 4) is 0 Å². The van der Waals surface area contributed by atoms with Crippen LogP contribution in [0.2, 0.25) is 0 Å². The highest BCUT2D eigenvalue weighted by molar-refractivity contribution is 6.26. The van der Waals surface area contributed by atoms with Gasteiger partial charge in [-0.25, -0.2) is 4.79 Å². The molecule has 0 saturated heterocycles. The van der Waals surface area contributed by atoms with Crippen LogP contribution in [0.5, 0.6) is 0 Å². The maximum absolute atomic E-state index is 9.70. The van der Waals surface area contributed by atoms with E-state index < -0.39 is 24.4 Å². The second-order valence-corrected chi connectivity index (χ2v) is 10.8. The van der Waals surface area contributed by atoms with E-state index in [9.17, 15) is 10.2 Å². The van der Waals surface area contributed by atoms with Gasteiger partial charge in [0.15, 0.2) is 5.97 Å². The molecule has 0 bridgehead atoms. The van der Waals surface area contributed by atoms with Gasteiger partial charge in [0.05, 0.1) is 6.67 Å². The van der Waals surface area contributed by atoms with Crippen LogP contribution in [0, 0.1) is 6.29 Å². The molecule has 3 N–H and O–H groups in total. The molecule has 0 fully saturated rings. The number of carbonyl (C=O) groups excluding carboxylic acids is 1. The van der Waals surface area contributed by atoms with Gasteiger partial charge in [0.2, 0.25) is 0 Å². The topological polar surface area (TPSA) is 131 Å². The van der Waals surface area contributed by atoms with E-state index in [-0.39, 0.29) is 0 Å². The molecule has 0 amide bonds. The molecule has 10 heteroatoms. The highest BCUT2D eigenvalue weighted by atomic mass is 16.5. The van der Waals surface area contributed by atoms with E-state index >= 15 is 0 Å². The number of carboxylic acids is 2. The summed E-state index contributed by atoms with van der Waals surface area (Å²) >= 11 is 0. The fourth-order valence-electron chi connectivity index (χ4n) is 5.05. The molecule has 0 radical (unpaired) electrons. The number of hydrogen-bond acceptors (Lipinski definition) is 9. The summed E-state index contributed by atoms with van der Waals surface area (Å²) < 4.78 is 0. The van der Waals surface area contributed by atoms with Gasteiger partial charge in [-0.1, -0.05) is 121 Å². The van der Waals surface area contributed by atoms with Gasteiger partial charge in [0, 0.05) is 57.1 Å². The van der Waals surface area contributed by atoms with E-state index in [1.165, 1.54) is 11.1 Å². The lowest BCUT2D eigenvalue weighted by molar-refractivity contribution is -0.303. The van der Waals surface area contributed by atoms with Crippen LogP contribution in [0.15, 0.2) is 146 Å². The molecule has 0 saturated carbocycles. The normalized spacial score (nSPS) is 13.7. The van der Waals surface area contributed by atoms with Gasteiger partial charge in [-0.3, -0.25) is 0 Å². The molecule has 47 heavy (non-hydrogen) atoms. The van der Waals surface area contributed by atoms with Crippen LogP contribution >= 0.6 is 0 Å². The van der Waals surface area contributed by atoms with E-state index in [4.69, 9.17) is 19.8 Å². The van der Waals surface area contributed by atoms with E-state index in [1.54, 1.807) is 0 Å². The maximum Gasteiger partial charge on any atom is 0.351 e. The van der Waals surface area contributed by atoms with Crippen molar-refractivity contribution in [1.82, 2.24) is 19.6 Å². The first-order chi connectivity index (χ1) is 22.8. The summed E-state index contributed by atoms with van der Waals surface area (Å²) in [6, 6.07) is 41.2. The van der Waals surface area contributed by atoms with Gasteiger partial charge < -0.3 is 44.8 Å². The Kier molecular flexibility index (Phi) is 13.0. The van der Waals surface area contributed by atoms with E-state index in [0.717, 1.165) is 30.9 Å². The quantitative estimate of drug-likeness (QED) is 0.181. The van der Waals surface area contributed by atoms with Gasteiger partial charge in [0.25, 0.3) is 0 Å². The third-order valence-electron chi connectivity index (χ3n) is 7.21. The monoisotopic (exact) mass is 634 g/mol. The molecular formula is C37H38N4O6-2. The predicted octanol–water partition coefficient (Wildman–Crippen LogP) is 4.29. The minimum absolute atomic E-state index is 0.555. The van der Waals surface area contributed by atoms with Crippen molar-refractivity contribution in [2.75, 3.05) is 6.67 Å². The Balaban J connectivity index is 0.000000183. The van der Waals surface area contributed by atoms with Crippen LogP contribution in [0.3, 0.4) is 0 Å². The molecule has 2 heterocycles. The number of rotatable bonds is 9. The first kappa shape index (κ1) is 34.3. The fourth-order valence-corrected chi connectivity index (χ4v) is 5.05. The zero-order valence-electron chi connectivity index (χ0n) is 25.8. The summed E-state index contributed by atoms with van der Waals surface area (Å²) in [4.78, 5) is 26.5. The van der Waals surface area contributed by atoms with Gasteiger partial charge >= 0.3 is 5.97 Å². The molecule has 2 aliphatic heterocycles. The van der Waals surface area contributed by atoms with Crippen molar-refractivity contribution in [2.45, 2.75) is 32.3 Å². The molecule has 10 nitrogen and oxygen atoms in total. The van der Waals surface area contributed by atoms with Crippen molar-refractivity contribution >= 4 is 11.9 Å². The second kappa shape index (κ2) is 17.8. The fraction of sp³-hybridized carbons (Fsp3) is 0.162. The van der Waals surface area contributed by atoms with E-state index in [0.29, 0.717) is 13.1 Å². The number of aliphatic hydroxyl groups is 2. The highest BCUT2D eigenvalue weighted by Crippen LogP contribution is 2.25. The number of benzene rings is 4. The lowest BCUT2D eigenvalue weighted by atomic mass is 10.2. The molecule has 4 aromatic rings. The summed E-state index contributed by atoms with van der Waals surface area (Å²) in [5, 5.41) is 35.7. The van der Waals surface area contributed by atoms with Gasteiger partial charge in [0.1, 0.15) is 0 Å². The van der Waals surface area contributed by atoms with Crippen molar-refractivity contribution < 1.29 is 30.0 Å². The van der Waals surface area contributed by atoms with Crippen molar-refractivity contribution in [3.63, 3.8) is 0 Å². The largest absolute Gasteiger partial charge is 0.539 e. The molecule has 244 valence electrons. The minimum atomic E-state index is -2.07. The molecule has 2 aliphatic rings. The maximum atomic E-state index is 9.70. The standard InChI is InChI=1S/C18H19N2O2.C17H18N2.C2H2O4/c21-18(22)17-19(13-15-7-3-1-4-8-15)11-12-20(17)14-16-9-5-2-6-10-16;1-3-7-16(8-4-1)13-18-11-12-19(15-18)14-17-9-5-2-6-10-17;3-1(4)2(5)6/h1-12,17,21-22H,13-14H2;1-12H,13-15H2;(H,3,4)(H,5,6)/q-1;;/p-1. The Morgan fingerprint density at radius 3 is 1.15 bits per heavy atom. The first-order valence-electron chi connectivity index (χ1n) is 15.0. The number of aliphatic hydroxyl groups excluding tert-OH is 1. The van der Waals surface area contributed by atoms with Crippen LogP contribution in [-0.4, -0.2) is 59.7 Å². The molecule has 0 aromatic heterocycles. The Morgan fingerprint density at radius 1 is 0.574 bits per heavy atom. The third-order valence-corrected chi connectivity index (χ3v) is 7.21. The summed E-state index contributed by atoms with van der Waals surface area (Å²) in [5.41, 5.74) is 4.96. The number of hydrogen-bond donors (Lipinski definition) is 3. The predicted molar refractivity (Wildman–Crippen MR) is 175 cm³/mol. The Hall–Kier alpha value is -5.58. The summed E-state index contributed by atoms with van der Waals surface area (Å²) in [6.45, 7) is 4.16. The van der Waals surface area contributed by atoms with Crippen LogP contribution in [0.4, 0.5) is 0 Å². The lowest BCUT2D eigenvalue weighted by Crippen LogP contribution is -2.42.